The maximum Gasteiger partial charge on any atom is 0.213 e. The highest BCUT2D eigenvalue weighted by atomic mass is 14.9. The van der Waals surface area contributed by atoms with E-state index in [1.165, 1.54) is 11.1 Å². The van der Waals surface area contributed by atoms with Crippen molar-refractivity contribution in [2.24, 2.45) is 7.05 Å². The van der Waals surface area contributed by atoms with E-state index >= 15 is 0 Å². The molecule has 0 aliphatic rings. The first-order chi connectivity index (χ1) is 11.8. The maximum atomic E-state index is 7.38. The fourth-order valence-electron chi connectivity index (χ4n) is 2.69. The van der Waals surface area contributed by atoms with Gasteiger partial charge in [-0.1, -0.05) is 49.3 Å². The van der Waals surface area contributed by atoms with Gasteiger partial charge < -0.3 is 0 Å². The van der Waals surface area contributed by atoms with E-state index in [1.54, 1.807) is 0 Å². The van der Waals surface area contributed by atoms with Gasteiger partial charge in [0.2, 0.25) is 5.69 Å². The molecule has 110 valence electrons. The highest BCUT2D eigenvalue weighted by molar-refractivity contribution is 5.70. The summed E-state index contributed by atoms with van der Waals surface area (Å²) in [5, 5.41) is 0. The third-order valence-electron chi connectivity index (χ3n) is 4.06. The Morgan fingerprint density at radius 1 is 0.955 bits per heavy atom. The smallest absolute Gasteiger partial charge is 0.201 e. The second kappa shape index (κ2) is 6.15. The van der Waals surface area contributed by atoms with Gasteiger partial charge in [0, 0.05) is 21.8 Å². The van der Waals surface area contributed by atoms with Crippen LogP contribution in [0.5, 0.6) is 0 Å². The number of hydrogen-bond donors (Lipinski definition) is 0. The van der Waals surface area contributed by atoms with Gasteiger partial charge in [0.25, 0.3) is 0 Å². The van der Waals surface area contributed by atoms with Crippen molar-refractivity contribution in [2.45, 2.75) is 20.2 Å². The van der Waals surface area contributed by atoms with Gasteiger partial charge in [-0.2, -0.15) is 0 Å². The number of aromatic nitrogens is 1. The van der Waals surface area contributed by atoms with Crippen molar-refractivity contribution in [1.29, 1.82) is 0 Å². The zero-order chi connectivity index (χ0) is 18.0. The number of benzene rings is 2. The zero-order valence-corrected chi connectivity index (χ0v) is 13.0. The van der Waals surface area contributed by atoms with Gasteiger partial charge in [0.15, 0.2) is 6.20 Å². The molecule has 22 heavy (non-hydrogen) atoms. The van der Waals surface area contributed by atoms with Gasteiger partial charge in [0.05, 0.1) is 0 Å². The van der Waals surface area contributed by atoms with E-state index in [2.05, 4.69) is 48.0 Å². The Morgan fingerprint density at radius 2 is 1.73 bits per heavy atom. The van der Waals surface area contributed by atoms with E-state index in [0.717, 1.165) is 22.4 Å². The van der Waals surface area contributed by atoms with Crippen LogP contribution in [0.2, 0.25) is 0 Å². The minimum Gasteiger partial charge on any atom is -0.201 e. The lowest BCUT2D eigenvalue weighted by atomic mass is 9.99. The normalized spacial score (nSPS) is 13.3. The van der Waals surface area contributed by atoms with Crippen molar-refractivity contribution >= 4 is 0 Å². The topological polar surface area (TPSA) is 3.88 Å². The Kier molecular flexibility index (Phi) is 3.13. The molecule has 0 fully saturated rings. The monoisotopic (exact) mass is 291 g/mol. The standard InChI is InChI=1S/C21H22N/c1-4-17-9-11-18(12-10-17)19-13-14-22(3)21(15-19)20-8-6-5-7-16(20)2/h5-15H,4H2,1-3H3/q+1/i1D3. The second-order valence-corrected chi connectivity index (χ2v) is 5.60. The first-order valence-corrected chi connectivity index (χ1v) is 7.48. The highest BCUT2D eigenvalue weighted by Gasteiger charge is 2.13. The molecule has 3 aromatic rings. The van der Waals surface area contributed by atoms with Crippen LogP contribution in [-0.2, 0) is 13.5 Å². The molecular formula is C21H22N+. The minimum absolute atomic E-state index is 0.103. The average Bonchev–Trinajstić information content (AvgIpc) is 2.55. The van der Waals surface area contributed by atoms with Crippen LogP contribution in [0.25, 0.3) is 22.4 Å². The van der Waals surface area contributed by atoms with Gasteiger partial charge in [-0.05, 0) is 41.7 Å². The third kappa shape index (κ3) is 2.80. The van der Waals surface area contributed by atoms with E-state index in [-0.39, 0.29) is 6.42 Å². The molecule has 0 aliphatic heterocycles. The molecule has 0 saturated heterocycles. The number of hydrogen-bond acceptors (Lipinski definition) is 0. The zero-order valence-electron chi connectivity index (χ0n) is 16.0. The van der Waals surface area contributed by atoms with Crippen molar-refractivity contribution in [3.8, 4) is 22.4 Å². The van der Waals surface area contributed by atoms with Crippen LogP contribution < -0.4 is 4.57 Å². The van der Waals surface area contributed by atoms with Gasteiger partial charge in [0.1, 0.15) is 7.05 Å². The van der Waals surface area contributed by atoms with Crippen molar-refractivity contribution < 1.29 is 8.68 Å². The van der Waals surface area contributed by atoms with E-state index < -0.39 is 6.85 Å². The summed E-state index contributed by atoms with van der Waals surface area (Å²) in [5.41, 5.74) is 6.65. The summed E-state index contributed by atoms with van der Waals surface area (Å²) in [6.07, 6.45) is 2.17. The summed E-state index contributed by atoms with van der Waals surface area (Å²) in [7, 11) is 2.05. The Morgan fingerprint density at radius 3 is 2.45 bits per heavy atom. The van der Waals surface area contributed by atoms with Crippen LogP contribution in [0.3, 0.4) is 0 Å². The highest BCUT2D eigenvalue weighted by Crippen LogP contribution is 2.25. The summed E-state index contributed by atoms with van der Waals surface area (Å²) in [6.45, 7) is 0.186. The second-order valence-electron chi connectivity index (χ2n) is 5.60. The molecule has 0 bridgehead atoms. The SMILES string of the molecule is [2H]C([2H])([2H])Cc1ccc(-c2cc[n+](C)c(-c3ccccc3C)c2)cc1. The van der Waals surface area contributed by atoms with E-state index in [4.69, 9.17) is 4.11 Å². The van der Waals surface area contributed by atoms with Crippen LogP contribution >= 0.6 is 0 Å². The lowest BCUT2D eigenvalue weighted by Gasteiger charge is -2.07. The quantitative estimate of drug-likeness (QED) is 0.615. The van der Waals surface area contributed by atoms with Crippen molar-refractivity contribution in [1.82, 2.24) is 0 Å². The lowest BCUT2D eigenvalue weighted by molar-refractivity contribution is -0.660. The van der Waals surface area contributed by atoms with Crippen LogP contribution in [-0.4, -0.2) is 0 Å². The van der Waals surface area contributed by atoms with Gasteiger partial charge >= 0.3 is 0 Å². The fraction of sp³-hybridized carbons (Fsp3) is 0.190. The molecule has 0 atom stereocenters. The Labute approximate surface area is 137 Å². The van der Waals surface area contributed by atoms with Crippen molar-refractivity contribution in [3.63, 3.8) is 0 Å². The molecule has 2 aromatic carbocycles. The fourth-order valence-corrected chi connectivity index (χ4v) is 2.69. The van der Waals surface area contributed by atoms with Gasteiger partial charge in [-0.25, -0.2) is 4.57 Å². The molecule has 0 saturated carbocycles. The van der Waals surface area contributed by atoms with Crippen LogP contribution in [0.1, 0.15) is 22.1 Å². The summed E-state index contributed by atoms with van der Waals surface area (Å²) < 4.78 is 24.3. The first-order valence-electron chi connectivity index (χ1n) is 8.98. The molecule has 0 radical (unpaired) electrons. The summed E-state index contributed by atoms with van der Waals surface area (Å²) in [4.78, 5) is 0. The number of pyridine rings is 1. The molecule has 0 unspecified atom stereocenters. The largest absolute Gasteiger partial charge is 0.213 e. The molecular weight excluding hydrogens is 266 g/mol. The molecule has 3 rings (SSSR count). The lowest BCUT2D eigenvalue weighted by Crippen LogP contribution is -2.30. The number of aryl methyl sites for hydroxylation is 3. The summed E-state index contributed by atoms with van der Waals surface area (Å²) in [6, 6.07) is 20.4. The van der Waals surface area contributed by atoms with Crippen LogP contribution in [0.4, 0.5) is 0 Å². The molecule has 0 amide bonds. The number of nitrogens with zero attached hydrogens (tertiary/aromatic N) is 1. The van der Waals surface area contributed by atoms with Crippen LogP contribution in [0.15, 0.2) is 66.9 Å². The molecule has 0 spiro atoms. The third-order valence-corrected chi connectivity index (χ3v) is 4.06. The Bertz CT molecular complexity index is 880. The van der Waals surface area contributed by atoms with Crippen molar-refractivity contribution in [2.75, 3.05) is 0 Å². The summed E-state index contributed by atoms with van der Waals surface area (Å²) >= 11 is 0. The molecule has 0 N–H and O–H groups in total. The minimum atomic E-state index is -1.93. The van der Waals surface area contributed by atoms with Gasteiger partial charge in [-0.3, -0.25) is 0 Å². The Hall–Kier alpha value is -2.41. The predicted octanol–water partition coefficient (Wildman–Crippen LogP) is 4.72. The van der Waals surface area contributed by atoms with E-state index in [1.807, 2.05) is 37.4 Å². The summed E-state index contributed by atoms with van der Waals surface area (Å²) in [5.74, 6) is 0. The molecule has 1 nitrogen and oxygen atoms in total. The molecule has 1 aromatic heterocycles. The van der Waals surface area contributed by atoms with E-state index in [9.17, 15) is 0 Å². The average molecular weight is 291 g/mol. The van der Waals surface area contributed by atoms with Crippen LogP contribution in [0, 0.1) is 6.92 Å². The first kappa shape index (κ1) is 11.2. The van der Waals surface area contributed by atoms with Crippen molar-refractivity contribution in [3.05, 3.63) is 78.0 Å². The molecule has 1 heterocycles. The Balaban J connectivity index is 1.96. The maximum absolute atomic E-state index is 7.38. The van der Waals surface area contributed by atoms with Gasteiger partial charge in [-0.15, -0.1) is 0 Å². The molecule has 0 aliphatic carbocycles. The van der Waals surface area contributed by atoms with E-state index in [0.29, 0.717) is 0 Å². The number of rotatable bonds is 3. The molecule has 1 heteroatoms. The predicted molar refractivity (Wildman–Crippen MR) is 92.6 cm³/mol.